The number of carbonyl (C=O) groups excluding carboxylic acids is 1. The number of methoxy groups -OCH3 is 1. The number of nitrogens with zero attached hydrogens (tertiary/aromatic N) is 1. The van der Waals surface area contributed by atoms with E-state index in [1.807, 2.05) is 5.38 Å². The molecule has 1 fully saturated rings. The Morgan fingerprint density at radius 3 is 2.75 bits per heavy atom. The molecule has 1 amide bonds. The Morgan fingerprint density at radius 1 is 1.50 bits per heavy atom. The summed E-state index contributed by atoms with van der Waals surface area (Å²) in [6.07, 6.45) is 4.02. The first-order valence-electron chi connectivity index (χ1n) is 6.19. The highest BCUT2D eigenvalue weighted by molar-refractivity contribution is 7.09. The van der Waals surface area contributed by atoms with Crippen molar-refractivity contribution in [2.24, 2.45) is 0 Å². The lowest BCUT2D eigenvalue weighted by molar-refractivity contribution is -0.146. The maximum absolute atomic E-state index is 12.2. The lowest BCUT2D eigenvalue weighted by atomic mass is 9.91. The number of amides is 1. The third-order valence-electron chi connectivity index (χ3n) is 3.32. The fourth-order valence-corrected chi connectivity index (χ4v) is 2.80. The van der Waals surface area contributed by atoms with Crippen molar-refractivity contribution < 1.29 is 9.53 Å². The second-order valence-electron chi connectivity index (χ2n) is 4.38. The van der Waals surface area contributed by atoms with E-state index in [-0.39, 0.29) is 30.7 Å². The summed E-state index contributed by atoms with van der Waals surface area (Å²) < 4.78 is 5.46. The summed E-state index contributed by atoms with van der Waals surface area (Å²) in [5.41, 5.74) is -0.645. The Bertz CT molecular complexity index is 384. The summed E-state index contributed by atoms with van der Waals surface area (Å²) in [6.45, 7) is 2.27. The number of aromatic nitrogens is 1. The van der Waals surface area contributed by atoms with Crippen LogP contribution in [0.15, 0.2) is 11.6 Å². The van der Waals surface area contributed by atoms with Crippen LogP contribution in [0.3, 0.4) is 0 Å². The summed E-state index contributed by atoms with van der Waals surface area (Å²) in [7, 11) is 1.62. The zero-order valence-corrected chi connectivity index (χ0v) is 13.8. The molecule has 1 aromatic heterocycles. The summed E-state index contributed by atoms with van der Waals surface area (Å²) in [4.78, 5) is 16.4. The lowest BCUT2D eigenvalue weighted by Crippen LogP contribution is -2.54. The van der Waals surface area contributed by atoms with E-state index >= 15 is 0 Å². The zero-order valence-electron chi connectivity index (χ0n) is 11.4. The lowest BCUT2D eigenvalue weighted by Gasteiger charge is -2.34. The molecule has 2 N–H and O–H groups in total. The molecule has 2 rings (SSSR count). The van der Waals surface area contributed by atoms with Crippen molar-refractivity contribution in [1.29, 1.82) is 0 Å². The average molecular weight is 342 g/mol. The van der Waals surface area contributed by atoms with Crippen LogP contribution in [-0.4, -0.2) is 43.2 Å². The minimum Gasteiger partial charge on any atom is -0.368 e. The quantitative estimate of drug-likeness (QED) is 0.849. The third kappa shape index (κ3) is 4.86. The molecule has 1 aromatic rings. The smallest absolute Gasteiger partial charge is 0.252 e. The molecule has 0 unspecified atom stereocenters. The summed E-state index contributed by atoms with van der Waals surface area (Å²) >= 11 is 1.61. The Kier molecular flexibility index (Phi) is 9.33. The number of ether oxygens (including phenoxy) is 1. The van der Waals surface area contributed by atoms with E-state index in [9.17, 15) is 4.79 Å². The molecule has 1 aliphatic rings. The van der Waals surface area contributed by atoms with Gasteiger partial charge in [-0.05, 0) is 25.9 Å². The SMILES string of the molecule is COC1(C(=O)NCCc2nccs2)CCNCC1.Cl.Cl. The molecule has 0 atom stereocenters. The van der Waals surface area contributed by atoms with Gasteiger partial charge in [0, 0.05) is 31.7 Å². The molecule has 20 heavy (non-hydrogen) atoms. The molecule has 0 radical (unpaired) electrons. The van der Waals surface area contributed by atoms with Gasteiger partial charge in [-0.1, -0.05) is 0 Å². The number of rotatable bonds is 5. The minimum atomic E-state index is -0.645. The Labute approximate surface area is 135 Å². The maximum Gasteiger partial charge on any atom is 0.252 e. The molecule has 2 heterocycles. The van der Waals surface area contributed by atoms with Gasteiger partial charge in [0.1, 0.15) is 5.60 Å². The van der Waals surface area contributed by atoms with Crippen LogP contribution in [0.25, 0.3) is 0 Å². The molecule has 0 bridgehead atoms. The number of piperidine rings is 1. The fraction of sp³-hybridized carbons (Fsp3) is 0.667. The van der Waals surface area contributed by atoms with Gasteiger partial charge in [-0.15, -0.1) is 36.2 Å². The molecule has 1 saturated heterocycles. The standard InChI is InChI=1S/C12H19N3O2S.2ClH/c1-17-12(3-6-13-7-4-12)11(16)15-5-2-10-14-8-9-18-10;;/h8-9,13H,2-7H2,1H3,(H,15,16);2*1H. The molecule has 0 aromatic carbocycles. The van der Waals surface area contributed by atoms with E-state index in [1.165, 1.54) is 0 Å². The van der Waals surface area contributed by atoms with E-state index < -0.39 is 5.60 Å². The number of hydrogen-bond donors (Lipinski definition) is 2. The summed E-state index contributed by atoms with van der Waals surface area (Å²) in [5.74, 6) is 0.00283. The topological polar surface area (TPSA) is 63.2 Å². The van der Waals surface area contributed by atoms with Gasteiger partial charge >= 0.3 is 0 Å². The zero-order chi connectivity index (χ0) is 12.8. The van der Waals surface area contributed by atoms with Crippen molar-refractivity contribution in [1.82, 2.24) is 15.6 Å². The monoisotopic (exact) mass is 341 g/mol. The van der Waals surface area contributed by atoms with Crippen LogP contribution >= 0.6 is 36.2 Å². The molecular weight excluding hydrogens is 321 g/mol. The molecule has 0 aliphatic carbocycles. The van der Waals surface area contributed by atoms with Crippen molar-refractivity contribution in [3.8, 4) is 0 Å². The molecule has 8 heteroatoms. The van der Waals surface area contributed by atoms with E-state index in [2.05, 4.69) is 15.6 Å². The van der Waals surface area contributed by atoms with Crippen LogP contribution in [0.1, 0.15) is 17.8 Å². The first kappa shape index (κ1) is 19.6. The van der Waals surface area contributed by atoms with E-state index in [0.717, 1.165) is 37.4 Å². The van der Waals surface area contributed by atoms with Gasteiger partial charge in [-0.3, -0.25) is 4.79 Å². The van der Waals surface area contributed by atoms with Gasteiger partial charge in [0.2, 0.25) is 0 Å². The Balaban J connectivity index is 0.00000180. The Hall–Kier alpha value is -0.400. The number of carbonyl (C=O) groups is 1. The largest absolute Gasteiger partial charge is 0.368 e. The predicted molar refractivity (Wildman–Crippen MR) is 85.2 cm³/mol. The molecule has 1 aliphatic heterocycles. The van der Waals surface area contributed by atoms with Crippen LogP contribution in [-0.2, 0) is 16.0 Å². The Morgan fingerprint density at radius 2 is 2.20 bits per heavy atom. The second kappa shape index (κ2) is 9.52. The number of halogens is 2. The number of nitrogens with one attached hydrogen (secondary N) is 2. The first-order chi connectivity index (χ1) is 8.77. The highest BCUT2D eigenvalue weighted by Crippen LogP contribution is 2.22. The summed E-state index contributed by atoms with van der Waals surface area (Å²) in [5, 5.41) is 9.19. The second-order valence-corrected chi connectivity index (χ2v) is 5.36. The van der Waals surface area contributed by atoms with Crippen LogP contribution in [0.5, 0.6) is 0 Å². The van der Waals surface area contributed by atoms with Gasteiger partial charge in [0.05, 0.1) is 5.01 Å². The van der Waals surface area contributed by atoms with E-state index in [4.69, 9.17) is 4.74 Å². The predicted octanol–water partition coefficient (Wildman–Crippen LogP) is 1.41. The molecule has 5 nitrogen and oxygen atoms in total. The van der Waals surface area contributed by atoms with Crippen molar-refractivity contribution in [2.45, 2.75) is 24.9 Å². The van der Waals surface area contributed by atoms with Gasteiger partial charge in [-0.2, -0.15) is 0 Å². The molecular formula is C12H21Cl2N3O2S. The third-order valence-corrected chi connectivity index (χ3v) is 4.16. The van der Waals surface area contributed by atoms with Crippen molar-refractivity contribution in [3.05, 3.63) is 16.6 Å². The van der Waals surface area contributed by atoms with Crippen molar-refractivity contribution in [2.75, 3.05) is 26.7 Å². The van der Waals surface area contributed by atoms with Crippen molar-refractivity contribution in [3.63, 3.8) is 0 Å². The van der Waals surface area contributed by atoms with Crippen molar-refractivity contribution >= 4 is 42.1 Å². The van der Waals surface area contributed by atoms with Gasteiger partial charge in [0.25, 0.3) is 5.91 Å². The van der Waals surface area contributed by atoms with Crippen LogP contribution < -0.4 is 10.6 Å². The normalized spacial score (nSPS) is 16.6. The van der Waals surface area contributed by atoms with E-state index in [0.29, 0.717) is 6.54 Å². The minimum absolute atomic E-state index is 0. The highest BCUT2D eigenvalue weighted by atomic mass is 35.5. The van der Waals surface area contributed by atoms with Crippen LogP contribution in [0, 0.1) is 0 Å². The highest BCUT2D eigenvalue weighted by Gasteiger charge is 2.39. The molecule has 0 spiro atoms. The maximum atomic E-state index is 12.2. The van der Waals surface area contributed by atoms with Gasteiger partial charge in [0.15, 0.2) is 0 Å². The molecule has 116 valence electrons. The number of hydrogen-bond acceptors (Lipinski definition) is 5. The molecule has 0 saturated carbocycles. The fourth-order valence-electron chi connectivity index (χ4n) is 2.17. The average Bonchev–Trinajstić information content (AvgIpc) is 2.92. The van der Waals surface area contributed by atoms with Gasteiger partial charge in [-0.25, -0.2) is 4.98 Å². The van der Waals surface area contributed by atoms with E-state index in [1.54, 1.807) is 24.6 Å². The summed E-state index contributed by atoms with van der Waals surface area (Å²) in [6, 6.07) is 0. The van der Waals surface area contributed by atoms with Crippen LogP contribution in [0.2, 0.25) is 0 Å². The van der Waals surface area contributed by atoms with Crippen LogP contribution in [0.4, 0.5) is 0 Å². The van der Waals surface area contributed by atoms with Gasteiger partial charge < -0.3 is 15.4 Å². The number of thiazole rings is 1. The first-order valence-corrected chi connectivity index (χ1v) is 7.07.